The maximum atomic E-state index is 13.3. The van der Waals surface area contributed by atoms with Crippen LogP contribution in [0, 0.1) is 12.7 Å². The van der Waals surface area contributed by atoms with E-state index in [1.807, 2.05) is 0 Å². The summed E-state index contributed by atoms with van der Waals surface area (Å²) in [5, 5.41) is 2.84. The predicted octanol–water partition coefficient (Wildman–Crippen LogP) is 4.61. The van der Waals surface area contributed by atoms with Gasteiger partial charge in [-0.05, 0) is 79.4 Å². The van der Waals surface area contributed by atoms with Crippen molar-refractivity contribution in [2.75, 3.05) is 17.1 Å². The van der Waals surface area contributed by atoms with E-state index in [9.17, 15) is 17.6 Å². The maximum absolute atomic E-state index is 13.3. The highest BCUT2D eigenvalue weighted by atomic mass is 32.2. The van der Waals surface area contributed by atoms with Crippen LogP contribution in [0.25, 0.3) is 0 Å². The van der Waals surface area contributed by atoms with Crippen LogP contribution >= 0.6 is 0 Å². The van der Waals surface area contributed by atoms with E-state index < -0.39 is 15.4 Å². The Labute approximate surface area is 186 Å². The molecule has 0 aliphatic heterocycles. The van der Waals surface area contributed by atoms with Crippen molar-refractivity contribution in [3.8, 4) is 5.75 Å². The normalized spacial score (nSPS) is 14.5. The quantitative estimate of drug-likeness (QED) is 0.546. The zero-order valence-electron chi connectivity index (χ0n) is 17.7. The number of methoxy groups -OCH3 is 1. The highest BCUT2D eigenvalue weighted by Crippen LogP contribution is 2.49. The van der Waals surface area contributed by atoms with Gasteiger partial charge in [-0.1, -0.05) is 18.2 Å². The summed E-state index contributed by atoms with van der Waals surface area (Å²) >= 11 is 0. The van der Waals surface area contributed by atoms with Crippen LogP contribution in [-0.2, 0) is 20.2 Å². The van der Waals surface area contributed by atoms with Gasteiger partial charge < -0.3 is 10.1 Å². The van der Waals surface area contributed by atoms with Crippen LogP contribution in [0.3, 0.4) is 0 Å². The number of benzene rings is 3. The van der Waals surface area contributed by atoms with Gasteiger partial charge in [0.15, 0.2) is 0 Å². The molecule has 1 amide bonds. The first-order chi connectivity index (χ1) is 15.2. The summed E-state index contributed by atoms with van der Waals surface area (Å²) in [6.45, 7) is 1.69. The van der Waals surface area contributed by atoms with E-state index in [0.717, 1.165) is 5.56 Å². The van der Waals surface area contributed by atoms with Gasteiger partial charge in [0.25, 0.3) is 10.0 Å². The minimum absolute atomic E-state index is 0.0674. The van der Waals surface area contributed by atoms with Gasteiger partial charge in [-0.15, -0.1) is 0 Å². The molecule has 0 bridgehead atoms. The third-order valence-corrected chi connectivity index (χ3v) is 7.18. The fraction of sp³-hybridized carbons (Fsp3) is 0.208. The second-order valence-electron chi connectivity index (χ2n) is 7.86. The number of halogens is 1. The molecule has 1 aliphatic rings. The van der Waals surface area contributed by atoms with Gasteiger partial charge in [0.05, 0.1) is 17.4 Å². The zero-order chi connectivity index (χ0) is 22.9. The van der Waals surface area contributed by atoms with Crippen molar-refractivity contribution in [3.63, 3.8) is 0 Å². The number of rotatable bonds is 7. The van der Waals surface area contributed by atoms with Gasteiger partial charge in [0.1, 0.15) is 11.6 Å². The molecular formula is C24H23FN2O4S. The number of anilines is 2. The first-order valence-corrected chi connectivity index (χ1v) is 11.6. The number of carbonyl (C=O) groups excluding carboxylic acids is 1. The molecule has 1 aliphatic carbocycles. The third kappa shape index (κ3) is 4.31. The van der Waals surface area contributed by atoms with Crippen LogP contribution in [-0.4, -0.2) is 21.4 Å². The highest BCUT2D eigenvalue weighted by Gasteiger charge is 2.51. The van der Waals surface area contributed by atoms with Crippen LogP contribution in [0.2, 0.25) is 0 Å². The minimum Gasteiger partial charge on any atom is -0.497 e. The molecule has 0 radical (unpaired) electrons. The van der Waals surface area contributed by atoms with Crippen molar-refractivity contribution in [1.29, 1.82) is 0 Å². The van der Waals surface area contributed by atoms with E-state index >= 15 is 0 Å². The number of hydrogen-bond acceptors (Lipinski definition) is 4. The van der Waals surface area contributed by atoms with E-state index in [4.69, 9.17) is 4.74 Å². The maximum Gasteiger partial charge on any atom is 0.262 e. The Morgan fingerprint density at radius 2 is 1.59 bits per heavy atom. The largest absolute Gasteiger partial charge is 0.497 e. The standard InChI is InChI=1S/C24H23FN2O4S/c1-16-3-8-20(26-23(28)24(13-14-24)17-4-6-18(25)7-5-17)15-22(16)32(29,30)27-19-9-11-21(31-2)12-10-19/h3-12,15,27H,13-14H2,1-2H3,(H,26,28). The Morgan fingerprint density at radius 1 is 0.969 bits per heavy atom. The molecule has 32 heavy (non-hydrogen) atoms. The summed E-state index contributed by atoms with van der Waals surface area (Å²) in [6.07, 6.45) is 1.31. The van der Waals surface area contributed by atoms with Crippen molar-refractivity contribution in [2.24, 2.45) is 0 Å². The Kier molecular flexibility index (Phi) is 5.64. The SMILES string of the molecule is COc1ccc(NS(=O)(=O)c2cc(NC(=O)C3(c4ccc(F)cc4)CC3)ccc2C)cc1. The van der Waals surface area contributed by atoms with Crippen molar-refractivity contribution < 1.29 is 22.3 Å². The summed E-state index contributed by atoms with van der Waals surface area (Å²) in [7, 11) is -2.35. The molecular weight excluding hydrogens is 431 g/mol. The fourth-order valence-corrected chi connectivity index (χ4v) is 4.96. The molecule has 0 atom stereocenters. The average Bonchev–Trinajstić information content (AvgIpc) is 3.58. The molecule has 6 nitrogen and oxygen atoms in total. The summed E-state index contributed by atoms with van der Waals surface area (Å²) in [4.78, 5) is 13.1. The van der Waals surface area contributed by atoms with Crippen LogP contribution in [0.4, 0.5) is 15.8 Å². The van der Waals surface area contributed by atoms with E-state index in [2.05, 4.69) is 10.0 Å². The lowest BCUT2D eigenvalue weighted by Crippen LogP contribution is -2.28. The second kappa shape index (κ2) is 8.27. The molecule has 1 saturated carbocycles. The van der Waals surface area contributed by atoms with Gasteiger partial charge in [0, 0.05) is 11.4 Å². The van der Waals surface area contributed by atoms with E-state index in [-0.39, 0.29) is 16.6 Å². The first kappa shape index (κ1) is 21.8. The Balaban J connectivity index is 1.55. The summed E-state index contributed by atoms with van der Waals surface area (Å²) in [5.74, 6) is 0.0196. The van der Waals surface area contributed by atoms with Crippen molar-refractivity contribution in [1.82, 2.24) is 0 Å². The number of ether oxygens (including phenoxy) is 1. The monoisotopic (exact) mass is 454 g/mol. The van der Waals surface area contributed by atoms with Crippen LogP contribution in [0.1, 0.15) is 24.0 Å². The fourth-order valence-electron chi connectivity index (χ4n) is 3.63. The molecule has 0 spiro atoms. The number of carbonyl (C=O) groups is 1. The third-order valence-electron chi connectivity index (χ3n) is 5.66. The van der Waals surface area contributed by atoms with Gasteiger partial charge in [0.2, 0.25) is 5.91 Å². The Morgan fingerprint density at radius 3 is 2.19 bits per heavy atom. The van der Waals surface area contributed by atoms with E-state index in [1.165, 1.54) is 25.3 Å². The molecule has 2 N–H and O–H groups in total. The molecule has 3 aromatic rings. The van der Waals surface area contributed by atoms with Gasteiger partial charge >= 0.3 is 0 Å². The van der Waals surface area contributed by atoms with Crippen LogP contribution < -0.4 is 14.8 Å². The first-order valence-electron chi connectivity index (χ1n) is 10.1. The van der Waals surface area contributed by atoms with Gasteiger partial charge in [-0.25, -0.2) is 12.8 Å². The van der Waals surface area contributed by atoms with Crippen LogP contribution in [0.5, 0.6) is 5.75 Å². The minimum atomic E-state index is -3.88. The Bertz CT molecular complexity index is 1250. The number of sulfonamides is 1. The average molecular weight is 455 g/mol. The summed E-state index contributed by atoms with van der Waals surface area (Å²) < 4.78 is 46.9. The number of hydrogen-bond donors (Lipinski definition) is 2. The molecule has 166 valence electrons. The highest BCUT2D eigenvalue weighted by molar-refractivity contribution is 7.92. The van der Waals surface area contributed by atoms with E-state index in [1.54, 1.807) is 55.5 Å². The van der Waals surface area contributed by atoms with Crippen molar-refractivity contribution in [3.05, 3.63) is 83.7 Å². The Hall–Kier alpha value is -3.39. The number of nitrogens with one attached hydrogen (secondary N) is 2. The topological polar surface area (TPSA) is 84.5 Å². The lowest BCUT2D eigenvalue weighted by Gasteiger charge is -2.17. The molecule has 3 aromatic carbocycles. The molecule has 1 fully saturated rings. The molecule has 0 unspecified atom stereocenters. The number of aryl methyl sites for hydroxylation is 1. The predicted molar refractivity (Wildman–Crippen MR) is 121 cm³/mol. The van der Waals surface area contributed by atoms with Crippen LogP contribution in [0.15, 0.2) is 71.6 Å². The summed E-state index contributed by atoms with van der Waals surface area (Å²) in [5.41, 5.74) is 1.36. The molecule has 8 heteroatoms. The lowest BCUT2D eigenvalue weighted by molar-refractivity contribution is -0.118. The molecule has 0 aromatic heterocycles. The zero-order valence-corrected chi connectivity index (χ0v) is 18.5. The molecule has 4 rings (SSSR count). The van der Waals surface area contributed by atoms with Gasteiger partial charge in [-0.3, -0.25) is 9.52 Å². The van der Waals surface area contributed by atoms with Gasteiger partial charge in [-0.2, -0.15) is 0 Å². The van der Waals surface area contributed by atoms with Crippen molar-refractivity contribution in [2.45, 2.75) is 30.1 Å². The second-order valence-corrected chi connectivity index (χ2v) is 9.51. The molecule has 0 heterocycles. The molecule has 0 saturated heterocycles. The summed E-state index contributed by atoms with van der Waals surface area (Å²) in [6, 6.07) is 17.2. The van der Waals surface area contributed by atoms with E-state index in [0.29, 0.717) is 35.5 Å². The number of amides is 1. The lowest BCUT2D eigenvalue weighted by atomic mass is 9.95. The van der Waals surface area contributed by atoms with Crippen molar-refractivity contribution >= 4 is 27.3 Å². The smallest absolute Gasteiger partial charge is 0.262 e.